The Balaban J connectivity index is 0. The van der Waals surface area contributed by atoms with E-state index in [4.69, 9.17) is 0 Å². The zero-order valence-corrected chi connectivity index (χ0v) is 11.3. The number of hydrogen-bond donors (Lipinski definition) is 0. The molecule has 0 atom stereocenters. The van der Waals surface area contributed by atoms with E-state index in [0.29, 0.717) is 0 Å². The molecule has 0 heterocycles. The van der Waals surface area contributed by atoms with Gasteiger partial charge in [-0.05, 0) is 0 Å². The molecule has 0 aliphatic rings. The Kier molecular flexibility index (Phi) is 177. The summed E-state index contributed by atoms with van der Waals surface area (Å²) in [5.41, 5.74) is 0. The minimum atomic E-state index is 0. The molecule has 0 unspecified atom stereocenters. The second kappa shape index (κ2) is 24.6. The van der Waals surface area contributed by atoms with E-state index in [1.54, 1.807) is 0 Å². The van der Waals surface area contributed by atoms with Gasteiger partial charge < -0.3 is 0 Å². The van der Waals surface area contributed by atoms with Crippen LogP contribution in [0.3, 0.4) is 0 Å². The van der Waals surface area contributed by atoms with Crippen molar-refractivity contribution in [3.8, 4) is 0 Å². The maximum absolute atomic E-state index is 0. The monoisotopic (exact) mass is 396 g/mol. The van der Waals surface area contributed by atoms with Crippen molar-refractivity contribution in [1.29, 1.82) is 0 Å². The van der Waals surface area contributed by atoms with Crippen LogP contribution in [-0.2, 0) is 81.2 Å². The molecule has 0 aromatic rings. The SMILES string of the molecule is [Ce].[Co].[H+].[Ni].[Ti].[Zr]. The summed E-state index contributed by atoms with van der Waals surface area (Å²) in [5.74, 6) is 0. The van der Waals surface area contributed by atoms with Gasteiger partial charge in [-0.2, -0.15) is 0 Å². The molecule has 0 saturated heterocycles. The van der Waals surface area contributed by atoms with E-state index in [2.05, 4.69) is 0 Å². The van der Waals surface area contributed by atoms with Crippen LogP contribution in [0.5, 0.6) is 0 Å². The molecule has 31 valence electrons. The molecular formula is HCeCoNiTiZr+. The molecular weight excluding hydrogens is 397 g/mol. The third-order valence-electron chi connectivity index (χ3n) is 0. The smallest absolute Gasteiger partial charge is 0 e. The van der Waals surface area contributed by atoms with Crippen molar-refractivity contribution in [2.45, 2.75) is 0 Å². The predicted molar refractivity (Wildman–Crippen MR) is 1.11 cm³/mol. The van der Waals surface area contributed by atoms with Gasteiger partial charge in [-0.25, -0.2) is 0 Å². The molecule has 0 saturated carbocycles. The van der Waals surface area contributed by atoms with Crippen LogP contribution < -0.4 is 0 Å². The normalized spacial score (nSPS) is 0. The fraction of sp³-hybridized carbons (Fsp3) is 0. The van der Waals surface area contributed by atoms with Crippen LogP contribution in [0.4, 0.5) is 0 Å². The van der Waals surface area contributed by atoms with Gasteiger partial charge in [0.15, 0.2) is 0 Å². The zero-order valence-electron chi connectivity index (χ0n) is 3.15. The first kappa shape index (κ1) is 36.1. The fourth-order valence-corrected chi connectivity index (χ4v) is 0. The summed E-state index contributed by atoms with van der Waals surface area (Å²) >= 11 is 0. The number of hydrogen-bond acceptors (Lipinski definition) is 0. The van der Waals surface area contributed by atoms with Gasteiger partial charge in [0.2, 0.25) is 0 Å². The van der Waals surface area contributed by atoms with E-state index in [1.807, 2.05) is 0 Å². The Morgan fingerprint density at radius 3 is 1.20 bits per heavy atom. The summed E-state index contributed by atoms with van der Waals surface area (Å²) < 4.78 is 0. The number of rotatable bonds is 0. The standard InChI is InChI=1S/Ce.Co.Ni.Ti.Zr/p+1. The van der Waals surface area contributed by atoms with Gasteiger partial charge in [0, 0.05) is 123 Å². The Bertz CT molecular complexity index is 15.5. The van der Waals surface area contributed by atoms with Crippen LogP contribution in [0.25, 0.3) is 0 Å². The van der Waals surface area contributed by atoms with Crippen LogP contribution in [-0.4, -0.2) is 0 Å². The van der Waals surface area contributed by atoms with Gasteiger partial charge in [0.1, 0.15) is 0 Å². The molecule has 1 radical (unpaired) electrons. The molecule has 0 aliphatic heterocycles. The van der Waals surface area contributed by atoms with E-state index in [9.17, 15) is 0 Å². The maximum Gasteiger partial charge on any atom is 1.00 e. The van der Waals surface area contributed by atoms with Gasteiger partial charge in [0.25, 0.3) is 0 Å². The molecule has 0 spiro atoms. The van der Waals surface area contributed by atoms with E-state index >= 15 is 0 Å². The van der Waals surface area contributed by atoms with Crippen molar-refractivity contribution in [3.63, 3.8) is 0 Å². The van der Waals surface area contributed by atoms with Crippen molar-refractivity contribution >= 4 is 0 Å². The van der Waals surface area contributed by atoms with Crippen LogP contribution in [0.15, 0.2) is 0 Å². The Hall–Kier alpha value is 3.97. The van der Waals surface area contributed by atoms with Crippen molar-refractivity contribution in [2.24, 2.45) is 0 Å². The summed E-state index contributed by atoms with van der Waals surface area (Å²) in [6.07, 6.45) is 0. The summed E-state index contributed by atoms with van der Waals surface area (Å²) in [6.45, 7) is 0. The molecule has 5 heteroatoms. The molecule has 0 nitrogen and oxygen atoms in total. The molecule has 0 amide bonds. The van der Waals surface area contributed by atoms with Gasteiger partial charge in [-0.15, -0.1) is 0 Å². The first-order valence-corrected chi connectivity index (χ1v) is 0. The van der Waals surface area contributed by atoms with Crippen LogP contribution >= 0.6 is 0 Å². The first-order valence-electron chi connectivity index (χ1n) is 0. The molecule has 0 rings (SSSR count). The summed E-state index contributed by atoms with van der Waals surface area (Å²) in [7, 11) is 0. The third kappa shape index (κ3) is 18.0. The molecule has 0 bridgehead atoms. The van der Waals surface area contributed by atoms with Gasteiger partial charge >= 0.3 is 1.43 Å². The first-order chi connectivity index (χ1) is 0. The molecule has 0 aliphatic carbocycles. The molecule has 5 heavy (non-hydrogen) atoms. The quantitative estimate of drug-likeness (QED) is 0.509. The van der Waals surface area contributed by atoms with E-state index in [1.165, 1.54) is 0 Å². The Labute approximate surface area is 121 Å². The van der Waals surface area contributed by atoms with Crippen molar-refractivity contribution < 1.29 is 124 Å². The van der Waals surface area contributed by atoms with E-state index in [0.717, 1.165) is 0 Å². The van der Waals surface area contributed by atoms with Crippen molar-refractivity contribution in [2.75, 3.05) is 0 Å². The second-order valence-corrected chi connectivity index (χ2v) is 0. The third-order valence-corrected chi connectivity index (χ3v) is 0. The summed E-state index contributed by atoms with van der Waals surface area (Å²) in [6, 6.07) is 0. The van der Waals surface area contributed by atoms with Crippen LogP contribution in [0.1, 0.15) is 1.43 Å². The van der Waals surface area contributed by atoms with E-state index < -0.39 is 0 Å². The van der Waals surface area contributed by atoms with Crippen molar-refractivity contribution in [1.82, 2.24) is 0 Å². The fourth-order valence-electron chi connectivity index (χ4n) is 0. The topological polar surface area (TPSA) is 0 Å². The zero-order chi connectivity index (χ0) is 0. The molecule has 0 aromatic carbocycles. The molecule has 0 aromatic heterocycles. The maximum atomic E-state index is 0. The molecule has 0 fully saturated rings. The second-order valence-electron chi connectivity index (χ2n) is 0. The average molecular weight is 398 g/mol. The summed E-state index contributed by atoms with van der Waals surface area (Å²) in [4.78, 5) is 0. The summed E-state index contributed by atoms with van der Waals surface area (Å²) in [5, 5.41) is 0. The Morgan fingerprint density at radius 1 is 1.20 bits per heavy atom. The van der Waals surface area contributed by atoms with Crippen LogP contribution in [0, 0.1) is 41.7 Å². The van der Waals surface area contributed by atoms with Crippen LogP contribution in [0.2, 0.25) is 0 Å². The minimum absolute atomic E-state index is 0. The van der Waals surface area contributed by atoms with Crippen molar-refractivity contribution in [3.05, 3.63) is 0 Å². The van der Waals surface area contributed by atoms with Gasteiger partial charge in [0.05, 0.1) is 0 Å². The van der Waals surface area contributed by atoms with Gasteiger partial charge in [-0.3, -0.25) is 0 Å². The Morgan fingerprint density at radius 2 is 1.20 bits per heavy atom. The average Bonchev–Trinajstić information content (AvgIpc) is 0. The van der Waals surface area contributed by atoms with Gasteiger partial charge in [-0.1, -0.05) is 0 Å². The largest absolute Gasteiger partial charge is 1.00 e. The van der Waals surface area contributed by atoms with E-state index in [-0.39, 0.29) is 124 Å². The minimum Gasteiger partial charge on any atom is 0 e. The molecule has 0 N–H and O–H groups in total. The predicted octanol–water partition coefficient (Wildman–Crippen LogP) is 0.102.